The van der Waals surface area contributed by atoms with E-state index in [-0.39, 0.29) is 17.6 Å². The van der Waals surface area contributed by atoms with Crippen molar-refractivity contribution < 1.29 is 24.2 Å². The Balaban J connectivity index is 1.48. The van der Waals surface area contributed by atoms with E-state index in [1.165, 1.54) is 18.9 Å². The Kier molecular flexibility index (Phi) is 8.13. The summed E-state index contributed by atoms with van der Waals surface area (Å²) in [6.07, 6.45) is 1.96. The van der Waals surface area contributed by atoms with Crippen molar-refractivity contribution in [2.24, 2.45) is 5.92 Å². The summed E-state index contributed by atoms with van der Waals surface area (Å²) in [5.41, 5.74) is 6.60. The van der Waals surface area contributed by atoms with E-state index in [0.29, 0.717) is 57.7 Å². The number of methoxy groups -OCH3 is 2. The average Bonchev–Trinajstić information content (AvgIpc) is 3.31. The summed E-state index contributed by atoms with van der Waals surface area (Å²) >= 11 is 7.77. The van der Waals surface area contributed by atoms with Crippen molar-refractivity contribution in [3.63, 3.8) is 0 Å². The number of anilines is 1. The van der Waals surface area contributed by atoms with E-state index in [1.54, 1.807) is 37.4 Å². The molecule has 3 aliphatic rings. The number of imidazole rings is 1. The average molecular weight is 550 g/mol. The van der Waals surface area contributed by atoms with Crippen LogP contribution < -0.4 is 20.5 Å². The molecule has 37 heavy (non-hydrogen) atoms. The number of nitrogen functional groups attached to an aromatic ring is 1. The van der Waals surface area contributed by atoms with Gasteiger partial charge >= 0.3 is 6.09 Å². The van der Waals surface area contributed by atoms with Gasteiger partial charge in [-0.2, -0.15) is 0 Å². The van der Waals surface area contributed by atoms with Gasteiger partial charge in [-0.05, 0) is 43.5 Å². The third kappa shape index (κ3) is 5.93. The van der Waals surface area contributed by atoms with Crippen molar-refractivity contribution in [3.05, 3.63) is 23.5 Å². The van der Waals surface area contributed by atoms with Gasteiger partial charge in [-0.25, -0.2) is 19.7 Å². The predicted octanol–water partition coefficient (Wildman–Crippen LogP) is 3.08. The number of hydrogen-bond donors (Lipinski definition) is 3. The van der Waals surface area contributed by atoms with Crippen LogP contribution in [0.1, 0.15) is 19.8 Å². The molecule has 2 amide bonds. The van der Waals surface area contributed by atoms with E-state index in [0.717, 1.165) is 12.8 Å². The van der Waals surface area contributed by atoms with Gasteiger partial charge in [0.05, 0.1) is 25.6 Å². The molecule has 4 N–H and O–H groups in total. The molecule has 1 atom stereocenters. The number of likely N-dealkylation sites (tertiary alicyclic amines) is 1. The number of ether oxygens (including phenoxy) is 2. The topological polar surface area (TPSA) is 158 Å². The number of nitrogens with zero attached hydrogens (tertiary/aromatic N) is 5. The van der Waals surface area contributed by atoms with Crippen LogP contribution in [0.15, 0.2) is 28.5 Å². The Morgan fingerprint density at radius 1 is 1.27 bits per heavy atom. The van der Waals surface area contributed by atoms with Gasteiger partial charge in [0.15, 0.2) is 22.5 Å². The summed E-state index contributed by atoms with van der Waals surface area (Å²) in [6, 6.07) is 2.71. The number of fused-ring (bicyclic) bond motifs is 1. The van der Waals surface area contributed by atoms with Gasteiger partial charge in [0.1, 0.15) is 17.5 Å². The number of aromatic nitrogens is 4. The minimum absolute atomic E-state index is 0.221. The van der Waals surface area contributed by atoms with Crippen molar-refractivity contribution in [3.8, 4) is 23.0 Å². The number of hydrogen-bond acceptors (Lipinski definition) is 9. The summed E-state index contributed by atoms with van der Waals surface area (Å²) in [4.78, 5) is 39.3. The number of piperidine rings is 1. The van der Waals surface area contributed by atoms with Crippen LogP contribution in [0.25, 0.3) is 11.5 Å². The number of halogens is 1. The molecule has 1 aromatic rings. The summed E-state index contributed by atoms with van der Waals surface area (Å²) in [7, 11) is 3.10. The molecule has 4 rings (SSSR count). The molecule has 0 bridgehead atoms. The van der Waals surface area contributed by atoms with Crippen molar-refractivity contribution in [1.29, 1.82) is 0 Å². The molecular formula is C23H28ClN7O5S. The maximum absolute atomic E-state index is 12.5. The molecule has 0 aliphatic carbocycles. The lowest BCUT2D eigenvalue weighted by atomic mass is 9.96. The Labute approximate surface area is 222 Å². The van der Waals surface area contributed by atoms with Crippen LogP contribution in [0.3, 0.4) is 0 Å². The van der Waals surface area contributed by atoms with E-state index in [9.17, 15) is 9.59 Å². The molecule has 0 radical (unpaired) electrons. The molecule has 0 unspecified atom stereocenters. The lowest BCUT2D eigenvalue weighted by Crippen LogP contribution is -2.49. The van der Waals surface area contributed by atoms with Crippen molar-refractivity contribution in [2.45, 2.75) is 42.4 Å². The molecular weight excluding hydrogens is 522 g/mol. The fourth-order valence-corrected chi connectivity index (χ4v) is 5.37. The minimum Gasteiger partial charge on any atom is -0.497 e. The summed E-state index contributed by atoms with van der Waals surface area (Å²) < 4.78 is 12.6. The second kappa shape index (κ2) is 11.3. The van der Waals surface area contributed by atoms with Gasteiger partial charge in [-0.15, -0.1) is 0 Å². The van der Waals surface area contributed by atoms with Crippen molar-refractivity contribution in [2.75, 3.05) is 33.0 Å². The number of rotatable bonds is 8. The lowest BCUT2D eigenvalue weighted by Gasteiger charge is -2.34. The highest BCUT2D eigenvalue weighted by atomic mass is 35.5. The Bertz CT molecular complexity index is 1260. The Morgan fingerprint density at radius 2 is 2.00 bits per heavy atom. The summed E-state index contributed by atoms with van der Waals surface area (Å²) in [6.45, 7) is 3.27. The molecule has 3 aliphatic heterocycles. The fourth-order valence-electron chi connectivity index (χ4n) is 4.24. The molecule has 1 saturated heterocycles. The van der Waals surface area contributed by atoms with Gasteiger partial charge in [-0.3, -0.25) is 4.79 Å². The first-order valence-corrected chi connectivity index (χ1v) is 12.8. The Morgan fingerprint density at radius 3 is 2.65 bits per heavy atom. The molecule has 12 nitrogen and oxygen atoms in total. The van der Waals surface area contributed by atoms with E-state index < -0.39 is 12.1 Å². The third-order valence-electron chi connectivity index (χ3n) is 6.20. The zero-order valence-electron chi connectivity index (χ0n) is 20.6. The standard InChI is InChI=1S/C23H28ClN7O5S/c1-12(27-23(33)34)21(32)30-6-4-13(5-7-30)10-31-11-26-19(25)18-20(31)29-22(28-18)37-16-9-14(35-2)8-15(36-3)17(16)24/h8-9,11-13,27H,4-7,10,25H2,1-3H3,(H,33,34)/t12-/m1/s1. The van der Waals surface area contributed by atoms with Crippen molar-refractivity contribution >= 4 is 41.2 Å². The monoisotopic (exact) mass is 549 g/mol. The largest absolute Gasteiger partial charge is 0.497 e. The zero-order chi connectivity index (χ0) is 26.7. The normalized spacial score (nSPS) is 15.0. The SMILES string of the molecule is COc1cc(OC)c(Cl)c(Sc2nc3c(N)ncn(CC4CCN(C(=O)[C@@H](C)NC(=O)O)CC4)c-3n2)c1. The molecule has 0 spiro atoms. The highest BCUT2D eigenvalue weighted by molar-refractivity contribution is 7.99. The molecule has 3 heterocycles. The maximum Gasteiger partial charge on any atom is 0.405 e. The van der Waals surface area contributed by atoms with E-state index in [4.69, 9.17) is 36.9 Å². The molecule has 1 aromatic carbocycles. The van der Waals surface area contributed by atoms with Crippen LogP contribution in [-0.2, 0) is 11.3 Å². The minimum atomic E-state index is -1.21. The highest BCUT2D eigenvalue weighted by Crippen LogP contribution is 2.42. The molecule has 1 fully saturated rings. The van der Waals surface area contributed by atoms with E-state index in [1.807, 2.05) is 4.57 Å². The zero-order valence-corrected chi connectivity index (χ0v) is 22.2. The summed E-state index contributed by atoms with van der Waals surface area (Å²) in [5.74, 6) is 2.01. The molecule has 198 valence electrons. The molecule has 14 heteroatoms. The van der Waals surface area contributed by atoms with E-state index in [2.05, 4.69) is 15.3 Å². The van der Waals surface area contributed by atoms with Gasteiger partial charge in [-0.1, -0.05) is 11.6 Å². The first-order valence-electron chi connectivity index (χ1n) is 11.6. The van der Waals surface area contributed by atoms with E-state index >= 15 is 0 Å². The van der Waals surface area contributed by atoms with Gasteiger partial charge in [0.2, 0.25) is 5.91 Å². The van der Waals surface area contributed by atoms with Crippen molar-refractivity contribution in [1.82, 2.24) is 29.7 Å². The molecule has 0 saturated carbocycles. The maximum atomic E-state index is 12.5. The number of benzene rings is 1. The number of carbonyl (C=O) groups is 2. The first kappa shape index (κ1) is 26.6. The van der Waals surface area contributed by atoms with Crippen LogP contribution in [-0.4, -0.2) is 74.9 Å². The first-order chi connectivity index (χ1) is 17.7. The second-order valence-electron chi connectivity index (χ2n) is 8.64. The second-order valence-corrected chi connectivity index (χ2v) is 10.0. The van der Waals surface area contributed by atoms with Crippen LogP contribution in [0.4, 0.5) is 10.6 Å². The quantitative estimate of drug-likeness (QED) is 0.381. The van der Waals surface area contributed by atoms with Gasteiger partial charge in [0.25, 0.3) is 0 Å². The van der Waals surface area contributed by atoms with Crippen LogP contribution >= 0.6 is 23.4 Å². The number of nitrogens with one attached hydrogen (secondary N) is 1. The third-order valence-corrected chi connectivity index (χ3v) is 7.61. The van der Waals surface area contributed by atoms with Crippen LogP contribution in [0.5, 0.6) is 11.5 Å². The smallest absolute Gasteiger partial charge is 0.405 e. The van der Waals surface area contributed by atoms with Gasteiger partial charge < -0.3 is 35.1 Å². The lowest BCUT2D eigenvalue weighted by molar-refractivity contribution is -0.134. The number of carbonyl (C=O) groups excluding carboxylic acids is 1. The number of nitrogens with two attached hydrogens (primary N) is 1. The van der Waals surface area contributed by atoms with Crippen LogP contribution in [0, 0.1) is 5.92 Å². The fraction of sp³-hybridized carbons (Fsp3) is 0.435. The van der Waals surface area contributed by atoms with Gasteiger partial charge in [0, 0.05) is 30.6 Å². The summed E-state index contributed by atoms with van der Waals surface area (Å²) in [5, 5.41) is 12.0. The number of carboxylic acid groups (broad SMARTS) is 1. The predicted molar refractivity (Wildman–Crippen MR) is 137 cm³/mol. The Hall–Kier alpha value is -3.45. The highest BCUT2D eigenvalue weighted by Gasteiger charge is 2.28. The molecule has 0 aromatic heterocycles. The number of amides is 2. The van der Waals surface area contributed by atoms with Crippen LogP contribution in [0.2, 0.25) is 5.02 Å².